The van der Waals surface area contributed by atoms with Crippen LogP contribution in [0, 0.1) is 29.1 Å². The molecule has 8 nitrogen and oxygen atoms in total. The fourth-order valence-electron chi connectivity index (χ4n) is 6.63. The second-order valence-electron chi connectivity index (χ2n) is 11.2. The van der Waals surface area contributed by atoms with E-state index in [9.17, 15) is 19.6 Å². The van der Waals surface area contributed by atoms with E-state index >= 15 is 0 Å². The maximum atomic E-state index is 14.0. The number of hydrogen-bond donors (Lipinski definition) is 1. The van der Waals surface area contributed by atoms with Crippen molar-refractivity contribution in [3.05, 3.63) is 29.8 Å². The van der Waals surface area contributed by atoms with Crippen LogP contribution in [0.25, 0.3) is 0 Å². The number of amides is 3. The lowest BCUT2D eigenvalue weighted by atomic mass is 9.80. The van der Waals surface area contributed by atoms with Gasteiger partial charge in [0.05, 0.1) is 17.5 Å². The Hall–Kier alpha value is -2.92. The molecule has 4 aliphatic rings. The number of carbonyl (C=O) groups excluding carboxylic acids is 3. The molecular weight excluding hydrogens is 442 g/mol. The number of carbonyl (C=O) groups is 3. The normalized spacial score (nSPS) is 31.8. The lowest BCUT2D eigenvalue weighted by molar-refractivity contribution is -0.148. The highest BCUT2D eigenvalue weighted by molar-refractivity contribution is 6.07. The molecule has 186 valence electrons. The summed E-state index contributed by atoms with van der Waals surface area (Å²) in [5.74, 6) is 0.778. The summed E-state index contributed by atoms with van der Waals surface area (Å²) >= 11 is 0. The predicted octanol–water partition coefficient (Wildman–Crippen LogP) is 2.21. The van der Waals surface area contributed by atoms with Crippen LogP contribution in [0.15, 0.2) is 24.3 Å². The molecule has 3 heterocycles. The van der Waals surface area contributed by atoms with Gasteiger partial charge in [0, 0.05) is 32.2 Å². The first-order valence-electron chi connectivity index (χ1n) is 12.8. The van der Waals surface area contributed by atoms with E-state index in [4.69, 9.17) is 0 Å². The number of nitrogens with zero attached hydrogens (tertiary/aromatic N) is 4. The van der Waals surface area contributed by atoms with E-state index in [-0.39, 0.29) is 42.6 Å². The van der Waals surface area contributed by atoms with Crippen LogP contribution >= 0.6 is 0 Å². The van der Waals surface area contributed by atoms with Crippen molar-refractivity contribution in [2.24, 2.45) is 17.8 Å². The fraction of sp³-hybridized carbons (Fsp3) is 0.630. The summed E-state index contributed by atoms with van der Waals surface area (Å²) in [5, 5.41) is 12.9. The second kappa shape index (κ2) is 8.63. The molecule has 3 aliphatic heterocycles. The summed E-state index contributed by atoms with van der Waals surface area (Å²) in [6, 6.07) is 8.23. The number of fused-ring (bicyclic) bond motifs is 3. The Bertz CT molecular complexity index is 1100. The molecular formula is C27H35N5O3. The van der Waals surface area contributed by atoms with Gasteiger partial charge < -0.3 is 15.1 Å². The van der Waals surface area contributed by atoms with Crippen molar-refractivity contribution in [3.63, 3.8) is 0 Å². The molecule has 8 heteroatoms. The van der Waals surface area contributed by atoms with E-state index in [1.54, 1.807) is 16.8 Å². The number of nitriles is 1. The molecule has 1 N–H and O–H groups in total. The molecule has 0 aromatic heterocycles. The van der Waals surface area contributed by atoms with Gasteiger partial charge in [0.1, 0.15) is 12.1 Å². The summed E-state index contributed by atoms with van der Waals surface area (Å²) in [4.78, 5) is 46.3. The van der Waals surface area contributed by atoms with Crippen molar-refractivity contribution in [2.45, 2.75) is 63.6 Å². The zero-order valence-corrected chi connectivity index (χ0v) is 21.0. The highest BCUT2D eigenvalue weighted by atomic mass is 16.2. The zero-order chi connectivity index (χ0) is 25.1. The molecule has 1 aromatic rings. The summed E-state index contributed by atoms with van der Waals surface area (Å²) in [6.07, 6.45) is 1.86. The van der Waals surface area contributed by atoms with E-state index in [0.29, 0.717) is 18.3 Å². The molecule has 0 radical (unpaired) electrons. The maximum absolute atomic E-state index is 14.0. The molecule has 3 fully saturated rings. The highest BCUT2D eigenvalue weighted by Gasteiger charge is 2.58. The number of piperidine rings is 1. The van der Waals surface area contributed by atoms with Crippen LogP contribution < -0.4 is 5.32 Å². The standard InChI is InChI=1S/C27H35N5O3/c1-5-31-14-17-11-19(17)23(31)25(34)30(4)22(10-16(2)3)24(33)32-15-27(12-18(32)13-28)20-8-6-7-9-21(20)29-26(27)35/h6-9,16-19,22-23H,5,10-12,14-15H2,1-4H3,(H,29,35)/t17-,18+,19-,22+,23+,27+/m1/s1. The molecule has 0 unspecified atom stereocenters. The third-order valence-electron chi connectivity index (χ3n) is 8.62. The summed E-state index contributed by atoms with van der Waals surface area (Å²) < 4.78 is 0. The van der Waals surface area contributed by atoms with Crippen molar-refractivity contribution in [3.8, 4) is 6.07 Å². The van der Waals surface area contributed by atoms with E-state index in [0.717, 1.165) is 30.8 Å². The Morgan fingerprint density at radius 3 is 2.74 bits per heavy atom. The SMILES string of the molecule is CCN1C[C@H]2C[C@H]2[C@H]1C(=O)N(C)[C@@H](CC(C)C)C(=O)N1C[C@]2(C[C@H]1C#N)C(=O)Nc1ccccc12. The van der Waals surface area contributed by atoms with Gasteiger partial charge in [-0.1, -0.05) is 39.0 Å². The summed E-state index contributed by atoms with van der Waals surface area (Å²) in [7, 11) is 1.74. The van der Waals surface area contributed by atoms with Crippen molar-refractivity contribution in [2.75, 3.05) is 32.0 Å². The smallest absolute Gasteiger partial charge is 0.246 e. The van der Waals surface area contributed by atoms with Crippen LogP contribution in [0.3, 0.4) is 0 Å². The van der Waals surface area contributed by atoms with E-state index in [1.807, 2.05) is 38.1 Å². The molecule has 0 bridgehead atoms. The van der Waals surface area contributed by atoms with Gasteiger partial charge in [-0.3, -0.25) is 19.3 Å². The number of anilines is 1. The molecule has 5 rings (SSSR count). The third-order valence-corrected chi connectivity index (χ3v) is 8.62. The van der Waals surface area contributed by atoms with Crippen molar-refractivity contribution in [1.82, 2.24) is 14.7 Å². The second-order valence-corrected chi connectivity index (χ2v) is 11.2. The Kier molecular flexibility index (Phi) is 5.87. The average molecular weight is 478 g/mol. The number of rotatable bonds is 6. The van der Waals surface area contributed by atoms with Crippen LogP contribution in [0.5, 0.6) is 0 Å². The molecule has 1 spiro atoms. The van der Waals surface area contributed by atoms with Gasteiger partial charge in [-0.15, -0.1) is 0 Å². The minimum Gasteiger partial charge on any atom is -0.332 e. The average Bonchev–Trinajstić information content (AvgIpc) is 3.22. The molecule has 1 aromatic carbocycles. The zero-order valence-electron chi connectivity index (χ0n) is 21.0. The lowest BCUT2D eigenvalue weighted by Gasteiger charge is -2.36. The maximum Gasteiger partial charge on any atom is 0.246 e. The predicted molar refractivity (Wildman–Crippen MR) is 131 cm³/mol. The van der Waals surface area contributed by atoms with E-state index < -0.39 is 17.5 Å². The molecule has 3 amide bonds. The summed E-state index contributed by atoms with van der Waals surface area (Å²) in [5.41, 5.74) is 0.660. The number of likely N-dealkylation sites (tertiary alicyclic amines) is 2. The number of hydrogen-bond acceptors (Lipinski definition) is 5. The van der Waals surface area contributed by atoms with Crippen molar-refractivity contribution >= 4 is 23.4 Å². The molecule has 1 aliphatic carbocycles. The quantitative estimate of drug-likeness (QED) is 0.678. The first-order valence-corrected chi connectivity index (χ1v) is 12.8. The van der Waals surface area contributed by atoms with Gasteiger partial charge in [-0.2, -0.15) is 5.26 Å². The molecule has 2 saturated heterocycles. The van der Waals surface area contributed by atoms with Crippen LogP contribution in [0.1, 0.15) is 45.6 Å². The number of para-hydroxylation sites is 1. The topological polar surface area (TPSA) is 96.8 Å². The number of benzene rings is 1. The highest BCUT2D eigenvalue weighted by Crippen LogP contribution is 2.50. The van der Waals surface area contributed by atoms with Crippen LogP contribution in [0.2, 0.25) is 0 Å². The minimum absolute atomic E-state index is 0.00206. The molecule has 6 atom stereocenters. The van der Waals surface area contributed by atoms with Gasteiger partial charge in [0.25, 0.3) is 0 Å². The molecule has 1 saturated carbocycles. The first kappa shape index (κ1) is 23.8. The van der Waals surface area contributed by atoms with Crippen LogP contribution in [-0.4, -0.2) is 77.2 Å². The lowest BCUT2D eigenvalue weighted by Crippen LogP contribution is -2.56. The first-order chi connectivity index (χ1) is 16.7. The fourth-order valence-corrected chi connectivity index (χ4v) is 6.63. The largest absolute Gasteiger partial charge is 0.332 e. The van der Waals surface area contributed by atoms with Gasteiger partial charge in [0.15, 0.2) is 0 Å². The Balaban J connectivity index is 1.42. The van der Waals surface area contributed by atoms with E-state index in [2.05, 4.69) is 23.2 Å². The van der Waals surface area contributed by atoms with E-state index in [1.165, 1.54) is 0 Å². The van der Waals surface area contributed by atoms with Crippen LogP contribution in [-0.2, 0) is 19.8 Å². The Morgan fingerprint density at radius 1 is 1.31 bits per heavy atom. The van der Waals surface area contributed by atoms with Gasteiger partial charge >= 0.3 is 0 Å². The van der Waals surface area contributed by atoms with Crippen molar-refractivity contribution < 1.29 is 14.4 Å². The molecule has 35 heavy (non-hydrogen) atoms. The Labute approximate surface area is 207 Å². The third kappa shape index (κ3) is 3.72. The Morgan fingerprint density at radius 2 is 2.06 bits per heavy atom. The summed E-state index contributed by atoms with van der Waals surface area (Å²) in [6.45, 7) is 8.08. The number of likely N-dealkylation sites (N-methyl/N-ethyl adjacent to an activating group) is 2. The van der Waals surface area contributed by atoms with Crippen LogP contribution in [0.4, 0.5) is 5.69 Å². The van der Waals surface area contributed by atoms with Gasteiger partial charge in [-0.05, 0) is 48.8 Å². The van der Waals surface area contributed by atoms with Gasteiger partial charge in [0.2, 0.25) is 17.7 Å². The number of nitrogens with one attached hydrogen (secondary N) is 1. The monoisotopic (exact) mass is 477 g/mol. The van der Waals surface area contributed by atoms with Crippen molar-refractivity contribution in [1.29, 1.82) is 5.26 Å². The minimum atomic E-state index is -0.927. The van der Waals surface area contributed by atoms with Gasteiger partial charge in [-0.25, -0.2) is 0 Å².